The van der Waals surface area contributed by atoms with E-state index < -0.39 is 23.9 Å². The van der Waals surface area contributed by atoms with E-state index in [1.807, 2.05) is 0 Å². The average molecular weight is 367 g/mol. The van der Waals surface area contributed by atoms with Crippen LogP contribution in [-0.2, 0) is 4.79 Å². The number of carboxylic acid groups (broad SMARTS) is 1. The third-order valence-corrected chi connectivity index (χ3v) is 4.22. The summed E-state index contributed by atoms with van der Waals surface area (Å²) in [6, 6.07) is 11.8. The molecule has 27 heavy (non-hydrogen) atoms. The summed E-state index contributed by atoms with van der Waals surface area (Å²) in [5, 5.41) is 13.8. The Bertz CT molecular complexity index is 923. The van der Waals surface area contributed by atoms with E-state index in [2.05, 4.69) is 10.6 Å². The number of fused-ring (bicyclic) bond motifs is 1. The van der Waals surface area contributed by atoms with Crippen LogP contribution in [0.2, 0.25) is 0 Å². The lowest BCUT2D eigenvalue weighted by molar-refractivity contribution is -0.117. The minimum absolute atomic E-state index is 0.116. The smallest absolute Gasteiger partial charge is 0.405 e. The van der Waals surface area contributed by atoms with Gasteiger partial charge in [0.2, 0.25) is 5.91 Å². The van der Waals surface area contributed by atoms with Gasteiger partial charge in [-0.05, 0) is 31.2 Å². The number of para-hydroxylation sites is 2. The monoisotopic (exact) mass is 367 g/mol. The van der Waals surface area contributed by atoms with Gasteiger partial charge < -0.3 is 20.6 Å². The largest absolute Gasteiger partial charge is 0.465 e. The maximum Gasteiger partial charge on any atom is 0.405 e. The molecule has 8 heteroatoms. The van der Waals surface area contributed by atoms with Crippen molar-refractivity contribution in [3.8, 4) is 0 Å². The summed E-state index contributed by atoms with van der Waals surface area (Å²) >= 11 is 0. The van der Waals surface area contributed by atoms with Crippen LogP contribution >= 0.6 is 0 Å². The first-order valence-corrected chi connectivity index (χ1v) is 8.19. The summed E-state index contributed by atoms with van der Waals surface area (Å²) in [4.78, 5) is 49.2. The zero-order chi connectivity index (χ0) is 19.6. The van der Waals surface area contributed by atoms with Crippen LogP contribution in [-0.4, -0.2) is 41.4 Å². The number of ketones is 1. The molecule has 0 fully saturated rings. The molecule has 8 nitrogen and oxygen atoms in total. The zero-order valence-electron chi connectivity index (χ0n) is 14.4. The molecule has 1 heterocycles. The van der Waals surface area contributed by atoms with Gasteiger partial charge in [0.25, 0.3) is 5.91 Å². The average Bonchev–Trinajstić information content (AvgIpc) is 2.77. The first kappa shape index (κ1) is 18.1. The molecule has 2 aromatic carbocycles. The topological polar surface area (TPSA) is 116 Å². The summed E-state index contributed by atoms with van der Waals surface area (Å²) in [5.74, 6) is -1.08. The Morgan fingerprint density at radius 2 is 1.70 bits per heavy atom. The molecular weight excluding hydrogens is 350 g/mol. The lowest BCUT2D eigenvalue weighted by atomic mass is 10.1. The van der Waals surface area contributed by atoms with E-state index in [0.29, 0.717) is 22.5 Å². The number of hydrogen-bond donors (Lipinski definition) is 3. The summed E-state index contributed by atoms with van der Waals surface area (Å²) in [6.07, 6.45) is -1.36. The molecule has 0 bridgehead atoms. The van der Waals surface area contributed by atoms with Gasteiger partial charge in [0.15, 0.2) is 5.78 Å². The molecule has 0 spiro atoms. The van der Waals surface area contributed by atoms with Crippen LogP contribution in [0.4, 0.5) is 16.2 Å². The quantitative estimate of drug-likeness (QED) is 0.719. The van der Waals surface area contributed by atoms with E-state index in [4.69, 9.17) is 5.11 Å². The molecule has 3 N–H and O–H groups in total. The van der Waals surface area contributed by atoms with Crippen LogP contribution in [0.3, 0.4) is 0 Å². The van der Waals surface area contributed by atoms with E-state index in [9.17, 15) is 19.2 Å². The molecule has 0 radical (unpaired) electrons. The molecule has 138 valence electrons. The Hall–Kier alpha value is -3.68. The van der Waals surface area contributed by atoms with Gasteiger partial charge in [-0.15, -0.1) is 0 Å². The van der Waals surface area contributed by atoms with E-state index in [1.54, 1.807) is 36.4 Å². The van der Waals surface area contributed by atoms with Gasteiger partial charge in [0, 0.05) is 11.1 Å². The lowest BCUT2D eigenvalue weighted by Crippen LogP contribution is -2.50. The van der Waals surface area contributed by atoms with Gasteiger partial charge in [0.05, 0.1) is 17.9 Å². The number of benzene rings is 2. The molecule has 1 aliphatic heterocycles. The van der Waals surface area contributed by atoms with E-state index in [-0.39, 0.29) is 12.3 Å². The number of carbonyl (C=O) groups is 4. The molecule has 1 unspecified atom stereocenters. The number of anilines is 2. The first-order chi connectivity index (χ1) is 12.9. The van der Waals surface area contributed by atoms with Gasteiger partial charge in [-0.3, -0.25) is 14.4 Å². The van der Waals surface area contributed by atoms with Gasteiger partial charge in [0.1, 0.15) is 6.04 Å². The van der Waals surface area contributed by atoms with E-state index in [0.717, 1.165) is 0 Å². The fraction of sp³-hybridized carbons (Fsp3) is 0.158. The minimum atomic E-state index is -1.36. The molecule has 3 rings (SSSR count). The molecule has 0 aliphatic carbocycles. The maximum atomic E-state index is 13.1. The second-order valence-corrected chi connectivity index (χ2v) is 6.06. The summed E-state index contributed by atoms with van der Waals surface area (Å²) in [6.45, 7) is 1.27. The molecule has 0 saturated heterocycles. The third-order valence-electron chi connectivity index (χ3n) is 4.22. The molecular formula is C19H17N3O5. The molecule has 1 atom stereocenters. The number of nitrogens with one attached hydrogen (secondary N) is 2. The van der Waals surface area contributed by atoms with Crippen molar-refractivity contribution < 1.29 is 24.3 Å². The standard InChI is InChI=1S/C19H17N3O5/c1-11(23)12-6-8-13(9-7-12)18(25)22-10-15(21-19(26)27)17(24)20-14-4-2-3-5-16(14)22/h2-9,15,21H,10H2,1H3,(H,20,24)(H,26,27). The van der Waals surface area contributed by atoms with Crippen molar-refractivity contribution in [3.63, 3.8) is 0 Å². The second kappa shape index (κ2) is 7.28. The Morgan fingerprint density at radius 1 is 1.07 bits per heavy atom. The summed E-state index contributed by atoms with van der Waals surface area (Å²) in [5.41, 5.74) is 1.66. The van der Waals surface area contributed by atoms with Gasteiger partial charge in [-0.1, -0.05) is 24.3 Å². The van der Waals surface area contributed by atoms with Crippen LogP contribution in [0, 0.1) is 0 Å². The molecule has 1 aliphatic rings. The highest BCUT2D eigenvalue weighted by atomic mass is 16.4. The van der Waals surface area contributed by atoms with Crippen molar-refractivity contribution in [3.05, 3.63) is 59.7 Å². The highest BCUT2D eigenvalue weighted by molar-refractivity contribution is 6.12. The molecule has 0 aromatic heterocycles. The first-order valence-electron chi connectivity index (χ1n) is 8.19. The van der Waals surface area contributed by atoms with Gasteiger partial charge in [-0.2, -0.15) is 0 Å². The summed E-state index contributed by atoms with van der Waals surface area (Å²) < 4.78 is 0. The maximum absolute atomic E-state index is 13.1. The Labute approximate surface area is 154 Å². The lowest BCUT2D eigenvalue weighted by Gasteiger charge is -2.24. The van der Waals surface area contributed by atoms with Crippen LogP contribution in [0.1, 0.15) is 27.6 Å². The number of hydrogen-bond acceptors (Lipinski definition) is 4. The number of Topliss-reactive ketones (excluding diaryl/α,β-unsaturated/α-hetero) is 1. The number of rotatable bonds is 3. The second-order valence-electron chi connectivity index (χ2n) is 6.06. The fourth-order valence-electron chi connectivity index (χ4n) is 2.85. The number of carbonyl (C=O) groups excluding carboxylic acids is 3. The van der Waals surface area contributed by atoms with Crippen molar-refractivity contribution in [2.24, 2.45) is 0 Å². The van der Waals surface area contributed by atoms with Crippen molar-refractivity contribution in [2.75, 3.05) is 16.8 Å². The normalized spacial score (nSPS) is 16.0. The van der Waals surface area contributed by atoms with Crippen LogP contribution in [0.25, 0.3) is 0 Å². The third kappa shape index (κ3) is 3.79. The molecule has 0 saturated carbocycles. The van der Waals surface area contributed by atoms with Gasteiger partial charge >= 0.3 is 6.09 Å². The Balaban J connectivity index is 1.99. The fourth-order valence-corrected chi connectivity index (χ4v) is 2.85. The van der Waals surface area contributed by atoms with E-state index in [1.165, 1.54) is 24.0 Å². The van der Waals surface area contributed by atoms with Crippen LogP contribution in [0.5, 0.6) is 0 Å². The zero-order valence-corrected chi connectivity index (χ0v) is 14.4. The molecule has 2 aromatic rings. The van der Waals surface area contributed by atoms with Gasteiger partial charge in [-0.25, -0.2) is 4.79 Å². The van der Waals surface area contributed by atoms with Crippen molar-refractivity contribution >= 4 is 35.1 Å². The van der Waals surface area contributed by atoms with E-state index >= 15 is 0 Å². The Morgan fingerprint density at radius 3 is 2.33 bits per heavy atom. The van der Waals surface area contributed by atoms with Crippen LogP contribution in [0.15, 0.2) is 48.5 Å². The van der Waals surface area contributed by atoms with Crippen molar-refractivity contribution in [2.45, 2.75) is 13.0 Å². The number of nitrogens with zero attached hydrogens (tertiary/aromatic N) is 1. The summed E-state index contributed by atoms with van der Waals surface area (Å²) in [7, 11) is 0. The van der Waals surface area contributed by atoms with Crippen LogP contribution < -0.4 is 15.5 Å². The molecule has 3 amide bonds. The predicted octanol–water partition coefficient (Wildman–Crippen LogP) is 2.12. The highest BCUT2D eigenvalue weighted by Crippen LogP contribution is 2.29. The van der Waals surface area contributed by atoms with Crippen molar-refractivity contribution in [1.29, 1.82) is 0 Å². The van der Waals surface area contributed by atoms with Crippen molar-refractivity contribution in [1.82, 2.24) is 5.32 Å². The number of amides is 3. The predicted molar refractivity (Wildman–Crippen MR) is 98.1 cm³/mol. The SMILES string of the molecule is CC(=O)c1ccc(C(=O)N2CC(NC(=O)O)C(=O)Nc3ccccc32)cc1. The minimum Gasteiger partial charge on any atom is -0.465 e. The highest BCUT2D eigenvalue weighted by Gasteiger charge is 2.32. The Kier molecular flexibility index (Phi) is 4.89.